The van der Waals surface area contributed by atoms with E-state index < -0.39 is 12.3 Å². The highest BCUT2D eigenvalue weighted by atomic mass is 19.3. The van der Waals surface area contributed by atoms with E-state index in [-0.39, 0.29) is 5.69 Å². The van der Waals surface area contributed by atoms with Gasteiger partial charge in [0, 0.05) is 0 Å². The maximum absolute atomic E-state index is 12.1. The Kier molecular flexibility index (Phi) is 4.87. The van der Waals surface area contributed by atoms with Crippen molar-refractivity contribution in [3.63, 3.8) is 0 Å². The summed E-state index contributed by atoms with van der Waals surface area (Å²) in [4.78, 5) is 10.9. The molecule has 0 aromatic heterocycles. The highest BCUT2D eigenvalue weighted by Gasteiger charge is 2.17. The number of benzene rings is 1. The number of nitrogens with one attached hydrogen (secondary N) is 1. The van der Waals surface area contributed by atoms with Crippen LogP contribution in [0.1, 0.15) is 18.9 Å². The molecule has 0 heterocycles. The van der Waals surface area contributed by atoms with Crippen LogP contribution in [-0.4, -0.2) is 18.9 Å². The first-order valence-corrected chi connectivity index (χ1v) is 5.37. The Hall–Kier alpha value is -1.65. The van der Waals surface area contributed by atoms with Gasteiger partial charge in [-0.25, -0.2) is 0 Å². The van der Waals surface area contributed by atoms with Gasteiger partial charge < -0.3 is 10.1 Å². The zero-order chi connectivity index (χ0) is 12.8. The number of amides is 1. The third-order valence-corrected chi connectivity index (χ3v) is 2.05. The van der Waals surface area contributed by atoms with Crippen molar-refractivity contribution in [2.75, 3.05) is 11.9 Å². The van der Waals surface area contributed by atoms with Gasteiger partial charge >= 0.3 is 6.43 Å². The number of anilines is 1. The van der Waals surface area contributed by atoms with Gasteiger partial charge in [0.15, 0.2) is 0 Å². The van der Waals surface area contributed by atoms with Crippen molar-refractivity contribution in [2.45, 2.75) is 26.7 Å². The molecule has 17 heavy (non-hydrogen) atoms. The highest BCUT2D eigenvalue weighted by molar-refractivity contribution is 5.94. The lowest BCUT2D eigenvalue weighted by molar-refractivity contribution is -0.126. The van der Waals surface area contributed by atoms with Gasteiger partial charge in [0.05, 0.1) is 12.3 Å². The molecule has 0 fully saturated rings. The van der Waals surface area contributed by atoms with Crippen molar-refractivity contribution >= 4 is 11.6 Å². The van der Waals surface area contributed by atoms with Crippen LogP contribution in [0, 0.1) is 6.92 Å². The maximum atomic E-state index is 12.1. The summed E-state index contributed by atoms with van der Waals surface area (Å²) in [6, 6.07) is 4.98. The number of carbonyl (C=O) groups excluding carboxylic acids is 1. The summed E-state index contributed by atoms with van der Waals surface area (Å²) < 4.78 is 29.6. The van der Waals surface area contributed by atoms with Crippen LogP contribution in [0.25, 0.3) is 0 Å². The molecule has 1 aromatic carbocycles. The Morgan fingerprint density at radius 3 is 2.76 bits per heavy atom. The summed E-state index contributed by atoms with van der Waals surface area (Å²) in [6.45, 7) is 4.27. The van der Waals surface area contributed by atoms with Crippen LogP contribution in [0.2, 0.25) is 0 Å². The molecule has 5 heteroatoms. The van der Waals surface area contributed by atoms with E-state index in [1.54, 1.807) is 18.2 Å². The molecule has 0 bridgehead atoms. The van der Waals surface area contributed by atoms with Crippen LogP contribution < -0.4 is 10.1 Å². The minimum atomic E-state index is -3.03. The van der Waals surface area contributed by atoms with E-state index in [4.69, 9.17) is 4.74 Å². The number of carbonyl (C=O) groups is 1. The predicted octanol–water partition coefficient (Wildman–Crippen LogP) is 2.99. The molecule has 1 aromatic rings. The van der Waals surface area contributed by atoms with Gasteiger partial charge in [0.1, 0.15) is 5.75 Å². The average Bonchev–Trinajstić information content (AvgIpc) is 2.29. The number of aryl methyl sites for hydroxylation is 1. The minimum absolute atomic E-state index is 0.273. The van der Waals surface area contributed by atoms with Crippen LogP contribution in [0.15, 0.2) is 18.2 Å². The topological polar surface area (TPSA) is 38.3 Å². The van der Waals surface area contributed by atoms with Crippen molar-refractivity contribution in [2.24, 2.45) is 0 Å². The van der Waals surface area contributed by atoms with E-state index in [0.29, 0.717) is 12.4 Å². The molecule has 0 saturated carbocycles. The molecule has 0 atom stereocenters. The maximum Gasteiger partial charge on any atom is 0.315 e. The SMILES string of the molecule is CCCOc1cc(C)ccc1NC(=O)C(F)F. The van der Waals surface area contributed by atoms with Crippen molar-refractivity contribution < 1.29 is 18.3 Å². The molecule has 94 valence electrons. The first-order chi connectivity index (χ1) is 8.04. The van der Waals surface area contributed by atoms with Gasteiger partial charge in [0.2, 0.25) is 0 Å². The molecule has 0 aliphatic carbocycles. The quantitative estimate of drug-likeness (QED) is 0.863. The largest absolute Gasteiger partial charge is 0.491 e. The Morgan fingerprint density at radius 1 is 1.47 bits per heavy atom. The van der Waals surface area contributed by atoms with Gasteiger partial charge in [-0.1, -0.05) is 13.0 Å². The first kappa shape index (κ1) is 13.4. The summed E-state index contributed by atoms with van der Waals surface area (Å²) in [7, 11) is 0. The summed E-state index contributed by atoms with van der Waals surface area (Å²) >= 11 is 0. The summed E-state index contributed by atoms with van der Waals surface area (Å²) in [6.07, 6.45) is -2.23. The predicted molar refractivity (Wildman–Crippen MR) is 61.6 cm³/mol. The van der Waals surface area contributed by atoms with E-state index in [1.165, 1.54) is 0 Å². The lowest BCUT2D eigenvalue weighted by atomic mass is 10.2. The molecule has 0 aliphatic heterocycles. The third kappa shape index (κ3) is 4.01. The van der Waals surface area contributed by atoms with Crippen molar-refractivity contribution in [1.82, 2.24) is 0 Å². The molecule has 1 N–H and O–H groups in total. The molecule has 3 nitrogen and oxygen atoms in total. The van der Waals surface area contributed by atoms with Gasteiger partial charge in [-0.05, 0) is 31.0 Å². The van der Waals surface area contributed by atoms with Crippen molar-refractivity contribution in [1.29, 1.82) is 0 Å². The van der Waals surface area contributed by atoms with Crippen LogP contribution >= 0.6 is 0 Å². The number of rotatable bonds is 5. The molecular formula is C12H15F2NO2. The fourth-order valence-corrected chi connectivity index (χ4v) is 1.25. The van der Waals surface area contributed by atoms with Gasteiger partial charge in [-0.2, -0.15) is 8.78 Å². The second-order valence-electron chi connectivity index (χ2n) is 3.64. The van der Waals surface area contributed by atoms with Crippen LogP contribution in [0.3, 0.4) is 0 Å². The van der Waals surface area contributed by atoms with Crippen LogP contribution in [0.4, 0.5) is 14.5 Å². The third-order valence-electron chi connectivity index (χ3n) is 2.05. The normalized spacial score (nSPS) is 10.4. The zero-order valence-electron chi connectivity index (χ0n) is 9.80. The second-order valence-corrected chi connectivity index (χ2v) is 3.64. The van der Waals surface area contributed by atoms with E-state index in [1.807, 2.05) is 13.8 Å². The number of alkyl halides is 2. The molecule has 0 radical (unpaired) electrons. The number of ether oxygens (including phenoxy) is 1. The van der Waals surface area contributed by atoms with Gasteiger partial charge in [0.25, 0.3) is 5.91 Å². The van der Waals surface area contributed by atoms with Gasteiger partial charge in [-0.15, -0.1) is 0 Å². The lowest BCUT2D eigenvalue weighted by Gasteiger charge is -2.12. The Labute approximate surface area is 98.8 Å². The lowest BCUT2D eigenvalue weighted by Crippen LogP contribution is -2.20. The summed E-state index contributed by atoms with van der Waals surface area (Å²) in [5, 5.41) is 2.13. The molecule has 0 saturated heterocycles. The summed E-state index contributed by atoms with van der Waals surface area (Å²) in [5.41, 5.74) is 1.21. The smallest absolute Gasteiger partial charge is 0.315 e. The molecule has 1 rings (SSSR count). The second kappa shape index (κ2) is 6.18. The Bertz CT molecular complexity index is 394. The van der Waals surface area contributed by atoms with E-state index >= 15 is 0 Å². The van der Waals surface area contributed by atoms with E-state index in [2.05, 4.69) is 5.32 Å². The van der Waals surface area contributed by atoms with Gasteiger partial charge in [-0.3, -0.25) is 4.79 Å². The standard InChI is InChI=1S/C12H15F2NO2/c1-3-6-17-10-7-8(2)4-5-9(10)15-12(16)11(13)14/h4-5,7,11H,3,6H2,1-2H3,(H,15,16). The highest BCUT2D eigenvalue weighted by Crippen LogP contribution is 2.26. The Balaban J connectivity index is 2.85. The summed E-state index contributed by atoms with van der Waals surface area (Å²) in [5.74, 6) is -0.906. The van der Waals surface area contributed by atoms with Crippen molar-refractivity contribution in [3.05, 3.63) is 23.8 Å². The molecular weight excluding hydrogens is 228 g/mol. The average molecular weight is 243 g/mol. The van der Waals surface area contributed by atoms with E-state index in [0.717, 1.165) is 12.0 Å². The first-order valence-electron chi connectivity index (χ1n) is 5.37. The molecule has 0 unspecified atom stereocenters. The molecule has 0 aliphatic rings. The zero-order valence-corrected chi connectivity index (χ0v) is 9.80. The van der Waals surface area contributed by atoms with Crippen molar-refractivity contribution in [3.8, 4) is 5.75 Å². The molecule has 0 spiro atoms. The Morgan fingerprint density at radius 2 is 2.18 bits per heavy atom. The van der Waals surface area contributed by atoms with E-state index in [9.17, 15) is 13.6 Å². The fraction of sp³-hybridized carbons (Fsp3) is 0.417. The number of halogens is 2. The number of hydrogen-bond acceptors (Lipinski definition) is 2. The fourth-order valence-electron chi connectivity index (χ4n) is 1.25. The molecule has 1 amide bonds. The monoisotopic (exact) mass is 243 g/mol. The van der Waals surface area contributed by atoms with Crippen LogP contribution in [-0.2, 0) is 4.79 Å². The number of hydrogen-bond donors (Lipinski definition) is 1. The van der Waals surface area contributed by atoms with Crippen LogP contribution in [0.5, 0.6) is 5.75 Å². The minimum Gasteiger partial charge on any atom is -0.491 e.